The Morgan fingerprint density at radius 2 is 2.07 bits per heavy atom. The number of hydrogen-bond donors (Lipinski definition) is 1. The molecule has 1 aromatic heterocycles. The number of rotatable bonds is 3. The minimum atomic E-state index is -3.21. The molecule has 0 saturated carbocycles. The van der Waals surface area contributed by atoms with Crippen molar-refractivity contribution < 1.29 is 13.5 Å². The van der Waals surface area contributed by atoms with E-state index in [4.69, 9.17) is 0 Å². The first-order chi connectivity index (χ1) is 6.32. The van der Waals surface area contributed by atoms with Crippen molar-refractivity contribution in [2.45, 2.75) is 30.9 Å². The highest BCUT2D eigenvalue weighted by atomic mass is 32.2. The summed E-state index contributed by atoms with van der Waals surface area (Å²) in [6, 6.07) is -0.231. The van der Waals surface area contributed by atoms with Crippen LogP contribution in [-0.2, 0) is 9.84 Å². The van der Waals surface area contributed by atoms with Gasteiger partial charge in [-0.25, -0.2) is 8.42 Å². The van der Waals surface area contributed by atoms with Crippen molar-refractivity contribution in [2.24, 2.45) is 0 Å². The normalized spacial score (nSPS) is 16.6. The summed E-state index contributed by atoms with van der Waals surface area (Å²) in [7, 11) is -3.21. The number of nitrogens with zero attached hydrogens (tertiary/aromatic N) is 2. The molecule has 0 radical (unpaired) electrons. The van der Waals surface area contributed by atoms with Gasteiger partial charge in [0, 0.05) is 12.5 Å². The fourth-order valence-electron chi connectivity index (χ4n) is 0.956. The van der Waals surface area contributed by atoms with Crippen LogP contribution in [0.4, 0.5) is 0 Å². The molecule has 0 aliphatic heterocycles. The topological polar surface area (TPSA) is 72.2 Å². The van der Waals surface area contributed by atoms with Gasteiger partial charge in [0.25, 0.3) is 0 Å². The lowest BCUT2D eigenvalue weighted by Gasteiger charge is -2.14. The molecular weight excluding hydrogens is 204 g/mol. The zero-order valence-corrected chi connectivity index (χ0v) is 9.19. The maximum absolute atomic E-state index is 11.1. The van der Waals surface area contributed by atoms with Crippen molar-refractivity contribution in [3.05, 3.63) is 12.4 Å². The Bertz CT molecular complexity index is 408. The fourth-order valence-corrected chi connectivity index (χ4v) is 1.49. The molecule has 1 rings (SSSR count). The maximum Gasteiger partial charge on any atom is 0.178 e. The van der Waals surface area contributed by atoms with E-state index in [1.165, 1.54) is 17.1 Å². The van der Waals surface area contributed by atoms with Gasteiger partial charge in [0.2, 0.25) is 0 Å². The summed E-state index contributed by atoms with van der Waals surface area (Å²) < 4.78 is 23.7. The first kappa shape index (κ1) is 11.2. The summed E-state index contributed by atoms with van der Waals surface area (Å²) in [5, 5.41) is 13.2. The number of aromatic nitrogens is 2. The lowest BCUT2D eigenvalue weighted by Crippen LogP contribution is -2.18. The van der Waals surface area contributed by atoms with Crippen LogP contribution in [0.5, 0.6) is 0 Å². The average molecular weight is 218 g/mol. The van der Waals surface area contributed by atoms with Crippen LogP contribution in [0.1, 0.15) is 19.9 Å². The van der Waals surface area contributed by atoms with Gasteiger partial charge >= 0.3 is 0 Å². The minimum Gasteiger partial charge on any atom is -0.391 e. The molecule has 1 heterocycles. The number of aliphatic hydroxyl groups is 1. The van der Waals surface area contributed by atoms with Gasteiger partial charge in [-0.15, -0.1) is 0 Å². The minimum absolute atomic E-state index is 0.171. The Balaban J connectivity index is 3.00. The van der Waals surface area contributed by atoms with E-state index in [9.17, 15) is 13.5 Å². The van der Waals surface area contributed by atoms with E-state index < -0.39 is 15.9 Å². The zero-order chi connectivity index (χ0) is 10.9. The molecule has 14 heavy (non-hydrogen) atoms. The summed E-state index contributed by atoms with van der Waals surface area (Å²) in [6.07, 6.45) is 3.27. The van der Waals surface area contributed by atoms with E-state index in [-0.39, 0.29) is 10.9 Å². The van der Waals surface area contributed by atoms with E-state index in [1.54, 1.807) is 13.8 Å². The number of sulfone groups is 1. The molecule has 0 spiro atoms. The predicted molar refractivity (Wildman–Crippen MR) is 51.7 cm³/mol. The Labute approximate surface area is 83.3 Å². The van der Waals surface area contributed by atoms with Crippen LogP contribution in [0.2, 0.25) is 0 Å². The van der Waals surface area contributed by atoms with E-state index >= 15 is 0 Å². The zero-order valence-electron chi connectivity index (χ0n) is 8.38. The molecule has 1 N–H and O–H groups in total. The highest BCUT2D eigenvalue weighted by Crippen LogP contribution is 2.13. The second-order valence-corrected chi connectivity index (χ2v) is 5.43. The van der Waals surface area contributed by atoms with E-state index in [0.29, 0.717) is 0 Å². The van der Waals surface area contributed by atoms with Crippen molar-refractivity contribution in [3.8, 4) is 0 Å². The van der Waals surface area contributed by atoms with Gasteiger partial charge < -0.3 is 5.11 Å². The fraction of sp³-hybridized carbons (Fsp3) is 0.625. The Morgan fingerprint density at radius 3 is 2.43 bits per heavy atom. The summed E-state index contributed by atoms with van der Waals surface area (Å²) >= 11 is 0. The van der Waals surface area contributed by atoms with Crippen LogP contribution in [-0.4, -0.2) is 35.7 Å². The van der Waals surface area contributed by atoms with Gasteiger partial charge in [-0.05, 0) is 13.8 Å². The average Bonchev–Trinajstić information content (AvgIpc) is 2.49. The molecule has 0 aliphatic rings. The molecule has 0 saturated heterocycles. The molecule has 0 aromatic carbocycles. The van der Waals surface area contributed by atoms with E-state index in [1.807, 2.05) is 0 Å². The smallest absolute Gasteiger partial charge is 0.178 e. The Hall–Kier alpha value is -0.880. The van der Waals surface area contributed by atoms with Crippen molar-refractivity contribution in [3.63, 3.8) is 0 Å². The number of hydrogen-bond acceptors (Lipinski definition) is 4. The molecule has 0 aliphatic carbocycles. The van der Waals surface area contributed by atoms with Crippen LogP contribution in [0.15, 0.2) is 17.3 Å². The molecule has 6 heteroatoms. The monoisotopic (exact) mass is 218 g/mol. The summed E-state index contributed by atoms with van der Waals surface area (Å²) in [4.78, 5) is 0.171. The molecule has 2 unspecified atom stereocenters. The largest absolute Gasteiger partial charge is 0.391 e. The maximum atomic E-state index is 11.1. The lowest BCUT2D eigenvalue weighted by atomic mass is 10.2. The van der Waals surface area contributed by atoms with Crippen LogP contribution < -0.4 is 0 Å². The second-order valence-electron chi connectivity index (χ2n) is 3.41. The van der Waals surface area contributed by atoms with Crippen molar-refractivity contribution in [2.75, 3.05) is 6.26 Å². The SMILES string of the molecule is CC(O)C(C)n1cc(S(C)(=O)=O)cn1. The molecule has 80 valence electrons. The quantitative estimate of drug-likeness (QED) is 0.788. The van der Waals surface area contributed by atoms with Crippen LogP contribution in [0.3, 0.4) is 0 Å². The van der Waals surface area contributed by atoms with Crippen LogP contribution in [0, 0.1) is 0 Å². The summed E-state index contributed by atoms with van der Waals surface area (Å²) in [5.41, 5.74) is 0. The standard InChI is InChI=1S/C8H14N2O3S/c1-6(7(2)11)10-5-8(4-9-10)14(3,12)13/h4-7,11H,1-3H3. The predicted octanol–water partition coefficient (Wildman–Crippen LogP) is 0.228. The molecule has 5 nitrogen and oxygen atoms in total. The first-order valence-corrected chi connectivity index (χ1v) is 6.14. The third-order valence-electron chi connectivity index (χ3n) is 2.12. The lowest BCUT2D eigenvalue weighted by molar-refractivity contribution is 0.132. The highest BCUT2D eigenvalue weighted by molar-refractivity contribution is 7.90. The van der Waals surface area contributed by atoms with E-state index in [2.05, 4.69) is 5.10 Å². The third-order valence-corrected chi connectivity index (χ3v) is 3.19. The molecule has 0 fully saturated rings. The van der Waals surface area contributed by atoms with Gasteiger partial charge in [0.05, 0.1) is 18.3 Å². The Kier molecular flexibility index (Phi) is 2.96. The van der Waals surface area contributed by atoms with Crippen LogP contribution >= 0.6 is 0 Å². The van der Waals surface area contributed by atoms with Crippen molar-refractivity contribution in [1.29, 1.82) is 0 Å². The third kappa shape index (κ3) is 2.33. The van der Waals surface area contributed by atoms with Gasteiger partial charge in [-0.3, -0.25) is 4.68 Å². The van der Waals surface area contributed by atoms with E-state index in [0.717, 1.165) is 6.26 Å². The van der Waals surface area contributed by atoms with Gasteiger partial charge in [0.1, 0.15) is 4.90 Å². The van der Waals surface area contributed by atoms with Gasteiger partial charge in [0.15, 0.2) is 9.84 Å². The summed E-state index contributed by atoms with van der Waals surface area (Å²) in [6.45, 7) is 3.40. The molecule has 2 atom stereocenters. The molecule has 1 aromatic rings. The highest BCUT2D eigenvalue weighted by Gasteiger charge is 2.15. The molecule has 0 bridgehead atoms. The van der Waals surface area contributed by atoms with Gasteiger partial charge in [-0.2, -0.15) is 5.10 Å². The molecular formula is C8H14N2O3S. The van der Waals surface area contributed by atoms with Crippen LogP contribution in [0.25, 0.3) is 0 Å². The second kappa shape index (κ2) is 3.70. The number of aliphatic hydroxyl groups excluding tert-OH is 1. The van der Waals surface area contributed by atoms with Crippen molar-refractivity contribution in [1.82, 2.24) is 9.78 Å². The summed E-state index contributed by atoms with van der Waals surface area (Å²) in [5.74, 6) is 0. The Morgan fingerprint density at radius 1 is 1.50 bits per heavy atom. The van der Waals surface area contributed by atoms with Gasteiger partial charge in [-0.1, -0.05) is 0 Å². The van der Waals surface area contributed by atoms with Crippen molar-refractivity contribution >= 4 is 9.84 Å². The first-order valence-electron chi connectivity index (χ1n) is 4.24. The molecule has 0 amide bonds.